The van der Waals surface area contributed by atoms with Gasteiger partial charge in [-0.2, -0.15) is 5.10 Å². The van der Waals surface area contributed by atoms with Crippen molar-refractivity contribution in [2.75, 3.05) is 5.73 Å². The molecule has 0 bridgehead atoms. The number of halogens is 1. The van der Waals surface area contributed by atoms with E-state index in [-0.39, 0.29) is 5.82 Å². The molecule has 0 amide bonds. The third-order valence-corrected chi connectivity index (χ3v) is 3.46. The van der Waals surface area contributed by atoms with Crippen molar-refractivity contribution in [1.29, 1.82) is 0 Å². The fourth-order valence-corrected chi connectivity index (χ4v) is 2.46. The average molecular weight is 273 g/mol. The van der Waals surface area contributed by atoms with E-state index in [9.17, 15) is 4.39 Å². The van der Waals surface area contributed by atoms with Gasteiger partial charge in [0.25, 0.3) is 0 Å². The molecule has 0 saturated heterocycles. The molecule has 20 heavy (non-hydrogen) atoms. The van der Waals surface area contributed by atoms with E-state index in [2.05, 4.69) is 10.1 Å². The molecule has 104 valence electrons. The standard InChI is InChI=1S/C14H16FN5/c1-4-11-12-13(19(3)18-11)20(14(16)17-12)9-5-6-10(15)8(2)7-9/h5-7H,4H2,1-3H3,(H2,16,17). The maximum atomic E-state index is 13.4. The summed E-state index contributed by atoms with van der Waals surface area (Å²) in [5.41, 5.74) is 9.92. The Labute approximate surface area is 115 Å². The van der Waals surface area contributed by atoms with E-state index in [1.165, 1.54) is 6.07 Å². The molecule has 0 aliphatic heterocycles. The fraction of sp³-hybridized carbons (Fsp3) is 0.286. The second kappa shape index (κ2) is 4.33. The van der Waals surface area contributed by atoms with Gasteiger partial charge in [0.2, 0.25) is 5.95 Å². The second-order valence-corrected chi connectivity index (χ2v) is 4.83. The Kier molecular flexibility index (Phi) is 2.74. The van der Waals surface area contributed by atoms with Crippen molar-refractivity contribution >= 4 is 17.1 Å². The van der Waals surface area contributed by atoms with E-state index in [1.54, 1.807) is 28.3 Å². The van der Waals surface area contributed by atoms with Gasteiger partial charge in [0.1, 0.15) is 11.3 Å². The van der Waals surface area contributed by atoms with Crippen LogP contribution in [-0.2, 0) is 13.5 Å². The maximum Gasteiger partial charge on any atom is 0.207 e. The first-order valence-electron chi connectivity index (χ1n) is 6.49. The number of imidazole rings is 1. The zero-order valence-electron chi connectivity index (χ0n) is 11.7. The zero-order chi connectivity index (χ0) is 14.4. The summed E-state index contributed by atoms with van der Waals surface area (Å²) in [6.45, 7) is 3.75. The Balaban J connectivity index is 2.32. The summed E-state index contributed by atoms with van der Waals surface area (Å²) in [5.74, 6) is 0.150. The molecular weight excluding hydrogens is 257 g/mol. The molecule has 0 saturated carbocycles. The van der Waals surface area contributed by atoms with Gasteiger partial charge in [0.05, 0.1) is 11.4 Å². The van der Waals surface area contributed by atoms with Gasteiger partial charge in [-0.05, 0) is 37.1 Å². The Bertz CT molecular complexity index is 800. The van der Waals surface area contributed by atoms with Crippen molar-refractivity contribution in [3.63, 3.8) is 0 Å². The number of fused-ring (bicyclic) bond motifs is 1. The second-order valence-electron chi connectivity index (χ2n) is 4.83. The Morgan fingerprint density at radius 3 is 2.75 bits per heavy atom. The van der Waals surface area contributed by atoms with Crippen LogP contribution in [0, 0.1) is 12.7 Å². The molecule has 0 aliphatic carbocycles. The lowest BCUT2D eigenvalue weighted by Gasteiger charge is -2.08. The van der Waals surface area contributed by atoms with Crippen LogP contribution in [0.5, 0.6) is 0 Å². The molecule has 2 aromatic heterocycles. The van der Waals surface area contributed by atoms with E-state index in [4.69, 9.17) is 5.73 Å². The molecule has 0 spiro atoms. The van der Waals surface area contributed by atoms with Gasteiger partial charge in [-0.15, -0.1) is 0 Å². The fourth-order valence-electron chi connectivity index (χ4n) is 2.46. The quantitative estimate of drug-likeness (QED) is 0.779. The summed E-state index contributed by atoms with van der Waals surface area (Å²) in [5, 5.41) is 4.44. The van der Waals surface area contributed by atoms with Crippen molar-refractivity contribution in [3.8, 4) is 5.69 Å². The van der Waals surface area contributed by atoms with Crippen molar-refractivity contribution in [2.45, 2.75) is 20.3 Å². The molecule has 2 heterocycles. The summed E-state index contributed by atoms with van der Waals surface area (Å²) < 4.78 is 17.0. The van der Waals surface area contributed by atoms with Crippen molar-refractivity contribution in [3.05, 3.63) is 35.3 Å². The maximum absolute atomic E-state index is 13.4. The molecular formula is C14H16FN5. The van der Waals surface area contributed by atoms with Crippen molar-refractivity contribution in [2.24, 2.45) is 7.05 Å². The number of rotatable bonds is 2. The molecule has 1 aromatic carbocycles. The average Bonchev–Trinajstić information content (AvgIpc) is 2.90. The number of benzene rings is 1. The Hall–Kier alpha value is -2.37. The minimum absolute atomic E-state index is 0.233. The van der Waals surface area contributed by atoms with Gasteiger partial charge < -0.3 is 5.73 Å². The van der Waals surface area contributed by atoms with Gasteiger partial charge in [0.15, 0.2) is 5.65 Å². The van der Waals surface area contributed by atoms with Gasteiger partial charge >= 0.3 is 0 Å². The summed E-state index contributed by atoms with van der Waals surface area (Å²) in [4.78, 5) is 4.40. The van der Waals surface area contributed by atoms with E-state index in [1.807, 2.05) is 14.0 Å². The molecule has 0 unspecified atom stereocenters. The third kappa shape index (κ3) is 1.68. The number of nitrogens with zero attached hydrogens (tertiary/aromatic N) is 4. The van der Waals surface area contributed by atoms with E-state index in [0.29, 0.717) is 11.5 Å². The lowest BCUT2D eigenvalue weighted by molar-refractivity contribution is 0.618. The molecule has 0 fully saturated rings. The SMILES string of the molecule is CCc1nn(C)c2c1nc(N)n2-c1ccc(F)c(C)c1. The third-order valence-electron chi connectivity index (χ3n) is 3.46. The van der Waals surface area contributed by atoms with Crippen molar-refractivity contribution < 1.29 is 4.39 Å². The van der Waals surface area contributed by atoms with Gasteiger partial charge in [-0.1, -0.05) is 6.92 Å². The molecule has 6 heteroatoms. The highest BCUT2D eigenvalue weighted by Gasteiger charge is 2.18. The first-order valence-corrected chi connectivity index (χ1v) is 6.49. The van der Waals surface area contributed by atoms with Crippen LogP contribution in [-0.4, -0.2) is 19.3 Å². The Morgan fingerprint density at radius 2 is 2.10 bits per heavy atom. The van der Waals surface area contributed by atoms with E-state index in [0.717, 1.165) is 29.0 Å². The topological polar surface area (TPSA) is 61.7 Å². The largest absolute Gasteiger partial charge is 0.369 e. The van der Waals surface area contributed by atoms with Crippen LogP contribution in [0.2, 0.25) is 0 Å². The van der Waals surface area contributed by atoms with Crippen LogP contribution in [0.3, 0.4) is 0 Å². The normalized spacial score (nSPS) is 11.4. The Morgan fingerprint density at radius 1 is 1.35 bits per heavy atom. The van der Waals surface area contributed by atoms with Crippen molar-refractivity contribution in [1.82, 2.24) is 19.3 Å². The minimum Gasteiger partial charge on any atom is -0.369 e. The molecule has 0 aliphatic rings. The van der Waals surface area contributed by atoms with Gasteiger partial charge in [-0.3, -0.25) is 4.57 Å². The lowest BCUT2D eigenvalue weighted by Crippen LogP contribution is -2.05. The number of anilines is 1. The molecule has 5 nitrogen and oxygen atoms in total. The van der Waals surface area contributed by atoms with Crippen LogP contribution >= 0.6 is 0 Å². The highest BCUT2D eigenvalue weighted by Crippen LogP contribution is 2.26. The van der Waals surface area contributed by atoms with Gasteiger partial charge in [-0.25, -0.2) is 14.1 Å². The summed E-state index contributed by atoms with van der Waals surface area (Å²) in [6.07, 6.45) is 0.788. The molecule has 0 radical (unpaired) electrons. The van der Waals surface area contributed by atoms with Crippen LogP contribution in [0.15, 0.2) is 18.2 Å². The zero-order valence-corrected chi connectivity index (χ0v) is 11.7. The monoisotopic (exact) mass is 273 g/mol. The van der Waals surface area contributed by atoms with E-state index < -0.39 is 0 Å². The van der Waals surface area contributed by atoms with Crippen LogP contribution < -0.4 is 5.73 Å². The summed E-state index contributed by atoms with van der Waals surface area (Å²) in [7, 11) is 1.86. The molecule has 3 aromatic rings. The molecule has 3 rings (SSSR count). The van der Waals surface area contributed by atoms with Crippen LogP contribution in [0.1, 0.15) is 18.2 Å². The first-order chi connectivity index (χ1) is 9.52. The summed E-state index contributed by atoms with van der Waals surface area (Å²) >= 11 is 0. The number of aromatic nitrogens is 4. The summed E-state index contributed by atoms with van der Waals surface area (Å²) in [6, 6.07) is 4.89. The smallest absolute Gasteiger partial charge is 0.207 e. The highest BCUT2D eigenvalue weighted by atomic mass is 19.1. The number of nitrogen functional groups attached to an aromatic ring is 1. The number of hydrogen-bond donors (Lipinski definition) is 1. The minimum atomic E-state index is -0.233. The lowest BCUT2D eigenvalue weighted by atomic mass is 10.2. The number of nitrogens with two attached hydrogens (primary N) is 1. The van der Waals surface area contributed by atoms with Crippen LogP contribution in [0.25, 0.3) is 16.9 Å². The first kappa shape index (κ1) is 12.7. The van der Waals surface area contributed by atoms with Crippen LogP contribution in [0.4, 0.5) is 10.3 Å². The molecule has 0 atom stereocenters. The number of aryl methyl sites for hydroxylation is 3. The highest BCUT2D eigenvalue weighted by molar-refractivity contribution is 5.80. The molecule has 2 N–H and O–H groups in total. The van der Waals surface area contributed by atoms with E-state index >= 15 is 0 Å². The van der Waals surface area contributed by atoms with Gasteiger partial charge in [0, 0.05) is 7.05 Å². The number of hydrogen-bond acceptors (Lipinski definition) is 3. The predicted octanol–water partition coefficient (Wildman–Crippen LogP) is 2.35. The predicted molar refractivity (Wildman–Crippen MR) is 76.3 cm³/mol.